The van der Waals surface area contributed by atoms with Gasteiger partial charge in [-0.3, -0.25) is 4.79 Å². The SMILES string of the molecule is CC(CN(C)C(=O)NC(C)c1noc(-c2ccccc2)n1)C(=O)O. The molecule has 0 spiro atoms. The fourth-order valence-electron chi connectivity index (χ4n) is 2.04. The number of nitrogens with one attached hydrogen (secondary N) is 1. The van der Waals surface area contributed by atoms with Crippen molar-refractivity contribution in [3.8, 4) is 11.5 Å². The van der Waals surface area contributed by atoms with Gasteiger partial charge in [-0.15, -0.1) is 0 Å². The number of rotatable bonds is 6. The Kier molecular flexibility index (Phi) is 5.51. The Morgan fingerprint density at radius 3 is 2.58 bits per heavy atom. The van der Waals surface area contributed by atoms with E-state index in [9.17, 15) is 9.59 Å². The summed E-state index contributed by atoms with van der Waals surface area (Å²) < 4.78 is 5.21. The second kappa shape index (κ2) is 7.58. The fraction of sp³-hybridized carbons (Fsp3) is 0.375. The molecule has 2 rings (SSSR count). The summed E-state index contributed by atoms with van der Waals surface area (Å²) in [6.45, 7) is 3.38. The van der Waals surface area contributed by atoms with Crippen LogP contribution < -0.4 is 5.32 Å². The molecule has 0 bridgehead atoms. The molecule has 2 atom stereocenters. The van der Waals surface area contributed by atoms with Gasteiger partial charge in [0.05, 0.1) is 12.0 Å². The van der Waals surface area contributed by atoms with E-state index in [0.717, 1.165) is 5.56 Å². The lowest BCUT2D eigenvalue weighted by molar-refractivity contribution is -0.141. The predicted molar refractivity (Wildman–Crippen MR) is 86.1 cm³/mol. The number of hydrogen-bond acceptors (Lipinski definition) is 5. The average Bonchev–Trinajstić information content (AvgIpc) is 3.05. The molecular weight excluding hydrogens is 312 g/mol. The standard InChI is InChI=1S/C16H20N4O4/c1-10(15(21)22)9-20(3)16(23)17-11(2)13-18-14(24-19-13)12-7-5-4-6-8-12/h4-8,10-11H,9H2,1-3H3,(H,17,23)(H,21,22). The van der Waals surface area contributed by atoms with Crippen molar-refractivity contribution in [3.63, 3.8) is 0 Å². The highest BCUT2D eigenvalue weighted by molar-refractivity contribution is 5.76. The summed E-state index contributed by atoms with van der Waals surface area (Å²) in [5.74, 6) is -0.874. The van der Waals surface area contributed by atoms with E-state index in [4.69, 9.17) is 9.63 Å². The second-order valence-electron chi connectivity index (χ2n) is 5.61. The third-order valence-corrected chi connectivity index (χ3v) is 3.51. The summed E-state index contributed by atoms with van der Waals surface area (Å²) in [7, 11) is 1.53. The number of carboxylic acids is 1. The van der Waals surface area contributed by atoms with Crippen LogP contribution >= 0.6 is 0 Å². The van der Waals surface area contributed by atoms with Gasteiger partial charge in [0, 0.05) is 19.2 Å². The van der Waals surface area contributed by atoms with Gasteiger partial charge in [-0.05, 0) is 19.1 Å². The van der Waals surface area contributed by atoms with Gasteiger partial charge >= 0.3 is 12.0 Å². The molecule has 2 aromatic rings. The Labute approximate surface area is 139 Å². The largest absolute Gasteiger partial charge is 0.481 e. The van der Waals surface area contributed by atoms with Crippen LogP contribution in [0.4, 0.5) is 4.79 Å². The molecule has 1 aromatic heterocycles. The van der Waals surface area contributed by atoms with Crippen molar-refractivity contribution in [1.29, 1.82) is 0 Å². The molecule has 0 saturated carbocycles. The highest BCUT2D eigenvalue weighted by Gasteiger charge is 2.21. The zero-order chi connectivity index (χ0) is 17.7. The van der Waals surface area contributed by atoms with E-state index in [0.29, 0.717) is 11.7 Å². The Bertz CT molecular complexity index is 701. The van der Waals surface area contributed by atoms with Crippen molar-refractivity contribution in [3.05, 3.63) is 36.2 Å². The number of carbonyl (C=O) groups excluding carboxylic acids is 1. The van der Waals surface area contributed by atoms with Crippen LogP contribution in [-0.4, -0.2) is 45.7 Å². The molecule has 2 amide bonds. The number of aromatic nitrogens is 2. The lowest BCUT2D eigenvalue weighted by Crippen LogP contribution is -2.41. The summed E-state index contributed by atoms with van der Waals surface area (Å²) in [5, 5.41) is 15.5. The van der Waals surface area contributed by atoms with Gasteiger partial charge in [-0.25, -0.2) is 4.79 Å². The van der Waals surface area contributed by atoms with Gasteiger partial charge < -0.3 is 19.8 Å². The molecule has 0 saturated heterocycles. The van der Waals surface area contributed by atoms with E-state index in [1.54, 1.807) is 13.8 Å². The number of hydrogen-bond donors (Lipinski definition) is 2. The van der Waals surface area contributed by atoms with Crippen molar-refractivity contribution in [1.82, 2.24) is 20.4 Å². The Hall–Kier alpha value is -2.90. The molecule has 0 aliphatic carbocycles. The summed E-state index contributed by atoms with van der Waals surface area (Å²) in [6, 6.07) is 8.44. The molecule has 128 valence electrons. The summed E-state index contributed by atoms with van der Waals surface area (Å²) in [5.41, 5.74) is 0.794. The molecule has 8 heteroatoms. The maximum absolute atomic E-state index is 12.1. The number of amides is 2. The minimum atomic E-state index is -0.951. The first-order valence-corrected chi connectivity index (χ1v) is 7.52. The summed E-state index contributed by atoms with van der Waals surface area (Å²) in [6.07, 6.45) is 0. The van der Waals surface area contributed by atoms with Crippen LogP contribution in [0.2, 0.25) is 0 Å². The van der Waals surface area contributed by atoms with Crippen LogP contribution in [0.3, 0.4) is 0 Å². The number of carbonyl (C=O) groups is 2. The molecule has 24 heavy (non-hydrogen) atoms. The van der Waals surface area contributed by atoms with Crippen LogP contribution in [0, 0.1) is 5.92 Å². The van der Waals surface area contributed by atoms with Crippen LogP contribution in [0.1, 0.15) is 25.7 Å². The van der Waals surface area contributed by atoms with Gasteiger partial charge in [-0.2, -0.15) is 4.98 Å². The number of nitrogens with zero attached hydrogens (tertiary/aromatic N) is 3. The molecule has 2 N–H and O–H groups in total. The number of urea groups is 1. The van der Waals surface area contributed by atoms with Crippen LogP contribution in [0.15, 0.2) is 34.9 Å². The molecule has 0 fully saturated rings. The van der Waals surface area contributed by atoms with Crippen molar-refractivity contribution < 1.29 is 19.2 Å². The number of benzene rings is 1. The second-order valence-corrected chi connectivity index (χ2v) is 5.61. The van der Waals surface area contributed by atoms with Crippen LogP contribution in [0.5, 0.6) is 0 Å². The van der Waals surface area contributed by atoms with E-state index < -0.39 is 24.0 Å². The van der Waals surface area contributed by atoms with Crippen molar-refractivity contribution >= 4 is 12.0 Å². The van der Waals surface area contributed by atoms with Crippen molar-refractivity contribution in [2.24, 2.45) is 5.92 Å². The van der Waals surface area contributed by atoms with Crippen LogP contribution in [-0.2, 0) is 4.79 Å². The van der Waals surface area contributed by atoms with Gasteiger partial charge in [0.25, 0.3) is 5.89 Å². The van der Waals surface area contributed by atoms with E-state index in [2.05, 4.69) is 15.5 Å². The molecule has 1 heterocycles. The first-order chi connectivity index (χ1) is 11.4. The Morgan fingerprint density at radius 2 is 1.96 bits per heavy atom. The quantitative estimate of drug-likeness (QED) is 0.839. The van der Waals surface area contributed by atoms with E-state index >= 15 is 0 Å². The Balaban J connectivity index is 1.97. The van der Waals surface area contributed by atoms with Gasteiger partial charge in [0.1, 0.15) is 0 Å². The minimum absolute atomic E-state index is 0.107. The molecule has 0 aliphatic rings. The average molecular weight is 332 g/mol. The maximum Gasteiger partial charge on any atom is 0.317 e. The first kappa shape index (κ1) is 17.5. The lowest BCUT2D eigenvalue weighted by atomic mass is 10.2. The van der Waals surface area contributed by atoms with Crippen molar-refractivity contribution in [2.45, 2.75) is 19.9 Å². The van der Waals surface area contributed by atoms with E-state index in [-0.39, 0.29) is 6.54 Å². The maximum atomic E-state index is 12.1. The number of aliphatic carboxylic acids is 1. The molecule has 1 aromatic carbocycles. The van der Waals surface area contributed by atoms with Gasteiger partial charge in [0.2, 0.25) is 0 Å². The van der Waals surface area contributed by atoms with Gasteiger partial charge in [-0.1, -0.05) is 30.3 Å². The highest BCUT2D eigenvalue weighted by atomic mass is 16.5. The summed E-state index contributed by atoms with van der Waals surface area (Å²) in [4.78, 5) is 28.5. The van der Waals surface area contributed by atoms with Gasteiger partial charge in [0.15, 0.2) is 5.82 Å². The predicted octanol–water partition coefficient (Wildman–Crippen LogP) is 2.16. The third kappa shape index (κ3) is 4.31. The minimum Gasteiger partial charge on any atom is -0.481 e. The zero-order valence-electron chi connectivity index (χ0n) is 13.8. The fourth-order valence-corrected chi connectivity index (χ4v) is 2.04. The molecule has 0 radical (unpaired) electrons. The normalized spacial score (nSPS) is 13.1. The topological polar surface area (TPSA) is 109 Å². The highest BCUT2D eigenvalue weighted by Crippen LogP contribution is 2.18. The first-order valence-electron chi connectivity index (χ1n) is 7.52. The van der Waals surface area contributed by atoms with E-state index in [1.807, 2.05) is 30.3 Å². The zero-order valence-corrected chi connectivity index (χ0v) is 13.8. The summed E-state index contributed by atoms with van der Waals surface area (Å²) >= 11 is 0. The Morgan fingerprint density at radius 1 is 1.29 bits per heavy atom. The monoisotopic (exact) mass is 332 g/mol. The smallest absolute Gasteiger partial charge is 0.317 e. The molecule has 2 unspecified atom stereocenters. The van der Waals surface area contributed by atoms with E-state index in [1.165, 1.54) is 11.9 Å². The molecule has 8 nitrogen and oxygen atoms in total. The molecular formula is C16H20N4O4. The third-order valence-electron chi connectivity index (χ3n) is 3.51. The van der Waals surface area contributed by atoms with Crippen molar-refractivity contribution in [2.75, 3.05) is 13.6 Å². The lowest BCUT2D eigenvalue weighted by Gasteiger charge is -2.21. The molecule has 0 aliphatic heterocycles. The van der Waals surface area contributed by atoms with Crippen LogP contribution in [0.25, 0.3) is 11.5 Å². The number of carboxylic acid groups (broad SMARTS) is 1.